The highest BCUT2D eigenvalue weighted by atomic mass is 19.1. The van der Waals surface area contributed by atoms with Crippen molar-refractivity contribution >= 4 is 5.91 Å². The first-order chi connectivity index (χ1) is 14.4. The molecule has 1 saturated heterocycles. The fraction of sp³-hybridized carbons (Fsp3) is 0.348. The number of rotatable bonds is 4. The third-order valence-electron chi connectivity index (χ3n) is 5.68. The van der Waals surface area contributed by atoms with E-state index in [2.05, 4.69) is 15.0 Å². The molecule has 0 aliphatic carbocycles. The zero-order valence-corrected chi connectivity index (χ0v) is 17.4. The molecule has 1 aromatic heterocycles. The molecule has 0 bridgehead atoms. The second-order valence-electron chi connectivity index (χ2n) is 7.79. The van der Waals surface area contributed by atoms with Gasteiger partial charge in [0.25, 0.3) is 5.91 Å². The van der Waals surface area contributed by atoms with Gasteiger partial charge in [-0.1, -0.05) is 41.1 Å². The van der Waals surface area contributed by atoms with E-state index in [1.165, 1.54) is 11.6 Å². The largest absolute Gasteiger partial charge is 0.337 e. The van der Waals surface area contributed by atoms with Gasteiger partial charge >= 0.3 is 0 Å². The number of nitrogens with zero attached hydrogens (tertiary/aromatic N) is 4. The van der Waals surface area contributed by atoms with Crippen LogP contribution in [0, 0.1) is 19.7 Å². The predicted molar refractivity (Wildman–Crippen MR) is 111 cm³/mol. The number of carbonyl (C=O) groups excluding carboxylic acids is 1. The van der Waals surface area contributed by atoms with Crippen LogP contribution >= 0.6 is 0 Å². The summed E-state index contributed by atoms with van der Waals surface area (Å²) in [6.07, 6.45) is 0. The number of aromatic nitrogens is 2. The summed E-state index contributed by atoms with van der Waals surface area (Å²) >= 11 is 0. The second kappa shape index (κ2) is 8.36. The average Bonchev–Trinajstić information content (AvgIpc) is 3.25. The first-order valence-corrected chi connectivity index (χ1v) is 10.1. The SMILES string of the molecule is Cc1ccc(-c2noc(C(C)N3CCN(C(=O)c4ccc(C)c(F)c4)CC3)n2)cc1. The van der Waals surface area contributed by atoms with E-state index in [4.69, 9.17) is 4.52 Å². The average molecular weight is 408 g/mol. The Morgan fingerprint density at radius 3 is 2.43 bits per heavy atom. The minimum atomic E-state index is -0.353. The number of amides is 1. The van der Waals surface area contributed by atoms with Crippen molar-refractivity contribution in [1.29, 1.82) is 0 Å². The van der Waals surface area contributed by atoms with Crippen molar-refractivity contribution < 1.29 is 13.7 Å². The van der Waals surface area contributed by atoms with Crippen LogP contribution in [0.15, 0.2) is 47.0 Å². The first kappa shape index (κ1) is 20.2. The Bertz CT molecular complexity index is 1040. The molecule has 4 rings (SSSR count). The Morgan fingerprint density at radius 2 is 1.77 bits per heavy atom. The molecule has 2 heterocycles. The highest BCUT2D eigenvalue weighted by Crippen LogP contribution is 2.24. The van der Waals surface area contributed by atoms with Gasteiger partial charge in [0.15, 0.2) is 0 Å². The van der Waals surface area contributed by atoms with Crippen molar-refractivity contribution in [2.45, 2.75) is 26.8 Å². The second-order valence-corrected chi connectivity index (χ2v) is 7.79. The first-order valence-electron chi connectivity index (χ1n) is 10.1. The highest BCUT2D eigenvalue weighted by molar-refractivity contribution is 5.94. The fourth-order valence-electron chi connectivity index (χ4n) is 3.60. The van der Waals surface area contributed by atoms with E-state index in [-0.39, 0.29) is 17.8 Å². The quantitative estimate of drug-likeness (QED) is 0.653. The van der Waals surface area contributed by atoms with Gasteiger partial charge < -0.3 is 9.42 Å². The van der Waals surface area contributed by atoms with Crippen LogP contribution in [0.4, 0.5) is 4.39 Å². The molecule has 0 spiro atoms. The van der Waals surface area contributed by atoms with Gasteiger partial charge in [-0.25, -0.2) is 4.39 Å². The molecule has 6 nitrogen and oxygen atoms in total. The van der Waals surface area contributed by atoms with Crippen molar-refractivity contribution in [2.24, 2.45) is 0 Å². The summed E-state index contributed by atoms with van der Waals surface area (Å²) < 4.78 is 19.3. The summed E-state index contributed by atoms with van der Waals surface area (Å²) in [7, 11) is 0. The third kappa shape index (κ3) is 4.11. The van der Waals surface area contributed by atoms with E-state index in [1.807, 2.05) is 38.1 Å². The van der Waals surface area contributed by atoms with E-state index < -0.39 is 0 Å². The van der Waals surface area contributed by atoms with Crippen molar-refractivity contribution in [3.8, 4) is 11.4 Å². The number of hydrogen-bond acceptors (Lipinski definition) is 5. The van der Waals surface area contributed by atoms with Crippen molar-refractivity contribution in [3.63, 3.8) is 0 Å². The van der Waals surface area contributed by atoms with E-state index in [0.717, 1.165) is 5.56 Å². The molecule has 1 aliphatic rings. The lowest BCUT2D eigenvalue weighted by molar-refractivity contribution is 0.0551. The van der Waals surface area contributed by atoms with Gasteiger partial charge in [-0.2, -0.15) is 4.98 Å². The number of halogens is 1. The number of carbonyl (C=O) groups is 1. The molecule has 3 aromatic rings. The van der Waals surface area contributed by atoms with Crippen LogP contribution in [0.25, 0.3) is 11.4 Å². The molecule has 1 fully saturated rings. The number of piperazine rings is 1. The Labute approximate surface area is 175 Å². The minimum absolute atomic E-state index is 0.0502. The zero-order chi connectivity index (χ0) is 21.3. The molecule has 1 aliphatic heterocycles. The molecule has 2 aromatic carbocycles. The van der Waals surface area contributed by atoms with Crippen LogP contribution in [0.3, 0.4) is 0 Å². The van der Waals surface area contributed by atoms with Crippen LogP contribution in [0.5, 0.6) is 0 Å². The van der Waals surface area contributed by atoms with Gasteiger partial charge in [0, 0.05) is 37.3 Å². The molecule has 30 heavy (non-hydrogen) atoms. The molecule has 1 atom stereocenters. The molecule has 0 saturated carbocycles. The van der Waals surface area contributed by atoms with E-state index >= 15 is 0 Å². The topological polar surface area (TPSA) is 62.5 Å². The maximum atomic E-state index is 13.8. The van der Waals surface area contributed by atoms with Crippen molar-refractivity contribution in [3.05, 3.63) is 70.9 Å². The van der Waals surface area contributed by atoms with Gasteiger partial charge in [-0.15, -0.1) is 0 Å². The Morgan fingerprint density at radius 1 is 1.07 bits per heavy atom. The van der Waals surface area contributed by atoms with Crippen molar-refractivity contribution in [2.75, 3.05) is 26.2 Å². The monoisotopic (exact) mass is 408 g/mol. The highest BCUT2D eigenvalue weighted by Gasteiger charge is 2.28. The summed E-state index contributed by atoms with van der Waals surface area (Å²) in [5, 5.41) is 4.12. The molecule has 1 amide bonds. The molecule has 7 heteroatoms. The predicted octanol–water partition coefficient (Wildman–Crippen LogP) is 4.01. The molecule has 0 radical (unpaired) electrons. The van der Waals surface area contributed by atoms with Gasteiger partial charge in [0.1, 0.15) is 5.82 Å². The summed E-state index contributed by atoms with van der Waals surface area (Å²) in [4.78, 5) is 21.2. The van der Waals surface area contributed by atoms with E-state index in [0.29, 0.717) is 49.0 Å². The normalized spacial score (nSPS) is 15.9. The summed E-state index contributed by atoms with van der Waals surface area (Å²) in [5.74, 6) is 0.646. The molecule has 156 valence electrons. The Kier molecular flexibility index (Phi) is 5.63. The smallest absolute Gasteiger partial charge is 0.254 e. The van der Waals surface area contributed by atoms with Crippen LogP contribution in [-0.4, -0.2) is 52.0 Å². The van der Waals surface area contributed by atoms with Gasteiger partial charge in [0.05, 0.1) is 6.04 Å². The molecular weight excluding hydrogens is 383 g/mol. The van der Waals surface area contributed by atoms with Crippen molar-refractivity contribution in [1.82, 2.24) is 19.9 Å². The third-order valence-corrected chi connectivity index (χ3v) is 5.68. The van der Waals surface area contributed by atoms with E-state index in [9.17, 15) is 9.18 Å². The number of benzene rings is 2. The lowest BCUT2D eigenvalue weighted by Crippen LogP contribution is -2.49. The number of hydrogen-bond donors (Lipinski definition) is 0. The maximum Gasteiger partial charge on any atom is 0.254 e. The molecular formula is C23H25FN4O2. The fourth-order valence-corrected chi connectivity index (χ4v) is 3.60. The summed E-state index contributed by atoms with van der Waals surface area (Å²) in [6, 6.07) is 12.6. The standard InChI is InChI=1S/C23H25FN4O2/c1-15-4-7-18(8-5-15)21-25-22(30-26-21)17(3)27-10-12-28(13-11-27)23(29)19-9-6-16(2)20(24)14-19/h4-9,14,17H,10-13H2,1-3H3. The van der Waals surface area contributed by atoms with Gasteiger partial charge in [-0.3, -0.25) is 9.69 Å². The lowest BCUT2D eigenvalue weighted by Gasteiger charge is -2.36. The van der Waals surface area contributed by atoms with Crippen LogP contribution in [-0.2, 0) is 0 Å². The molecule has 1 unspecified atom stereocenters. The Hall–Kier alpha value is -3.06. The minimum Gasteiger partial charge on any atom is -0.337 e. The Balaban J connectivity index is 1.38. The lowest BCUT2D eigenvalue weighted by atomic mass is 10.1. The van der Waals surface area contributed by atoms with E-state index in [1.54, 1.807) is 24.0 Å². The van der Waals surface area contributed by atoms with Crippen LogP contribution in [0.1, 0.15) is 40.3 Å². The van der Waals surface area contributed by atoms with Crippen LogP contribution < -0.4 is 0 Å². The van der Waals surface area contributed by atoms with Crippen LogP contribution in [0.2, 0.25) is 0 Å². The van der Waals surface area contributed by atoms with Gasteiger partial charge in [0.2, 0.25) is 11.7 Å². The van der Waals surface area contributed by atoms with Gasteiger partial charge in [-0.05, 0) is 38.5 Å². The number of aryl methyl sites for hydroxylation is 2. The maximum absolute atomic E-state index is 13.8. The zero-order valence-electron chi connectivity index (χ0n) is 17.4. The summed E-state index contributed by atoms with van der Waals surface area (Å²) in [6.45, 7) is 8.25. The molecule has 0 N–H and O–H groups in total. The summed E-state index contributed by atoms with van der Waals surface area (Å²) in [5.41, 5.74) is 3.02.